The van der Waals surface area contributed by atoms with Gasteiger partial charge in [0.25, 0.3) is 0 Å². The van der Waals surface area contributed by atoms with E-state index in [9.17, 15) is 4.79 Å². The second-order valence-corrected chi connectivity index (χ2v) is 7.59. The molecular formula is C20H30ClIN4O. The number of guanidine groups is 1. The molecule has 27 heavy (non-hydrogen) atoms. The van der Waals surface area contributed by atoms with Crippen molar-refractivity contribution in [2.45, 2.75) is 51.6 Å². The fourth-order valence-electron chi connectivity index (χ4n) is 3.81. The van der Waals surface area contributed by atoms with Gasteiger partial charge in [0.15, 0.2) is 5.96 Å². The lowest BCUT2D eigenvalue weighted by Gasteiger charge is -2.21. The van der Waals surface area contributed by atoms with E-state index in [-0.39, 0.29) is 35.9 Å². The first-order chi connectivity index (χ1) is 12.7. The lowest BCUT2D eigenvalue weighted by Crippen LogP contribution is -2.45. The smallest absolute Gasteiger partial charge is 0.225 e. The normalized spacial score (nSPS) is 20.4. The van der Waals surface area contributed by atoms with E-state index in [2.05, 4.69) is 22.5 Å². The van der Waals surface area contributed by atoms with Gasteiger partial charge in [-0.05, 0) is 37.8 Å². The summed E-state index contributed by atoms with van der Waals surface area (Å²) in [7, 11) is 0. The van der Waals surface area contributed by atoms with Crippen molar-refractivity contribution in [3.05, 3.63) is 34.9 Å². The molecule has 1 aliphatic heterocycles. The number of nitrogens with zero attached hydrogens (tertiary/aromatic N) is 2. The summed E-state index contributed by atoms with van der Waals surface area (Å²) in [6.07, 6.45) is 5.50. The molecule has 3 rings (SSSR count). The number of likely N-dealkylation sites (tertiary alicyclic amines) is 1. The minimum absolute atomic E-state index is 0. The Hall–Kier alpha value is -1.02. The van der Waals surface area contributed by atoms with Crippen LogP contribution in [0.2, 0.25) is 5.02 Å². The average Bonchev–Trinajstić information content (AvgIpc) is 3.32. The van der Waals surface area contributed by atoms with Gasteiger partial charge >= 0.3 is 0 Å². The van der Waals surface area contributed by atoms with Crippen LogP contribution in [-0.2, 0) is 11.3 Å². The molecule has 7 heteroatoms. The monoisotopic (exact) mass is 504 g/mol. The maximum absolute atomic E-state index is 12.6. The van der Waals surface area contributed by atoms with Crippen LogP contribution in [0.5, 0.6) is 0 Å². The molecule has 1 saturated heterocycles. The van der Waals surface area contributed by atoms with Crippen molar-refractivity contribution in [3.63, 3.8) is 0 Å². The number of hydrogen-bond acceptors (Lipinski definition) is 2. The number of aliphatic imine (C=N–C) groups is 1. The molecule has 150 valence electrons. The fourth-order valence-corrected chi connectivity index (χ4v) is 4.01. The molecule has 2 N–H and O–H groups in total. The Labute approximate surface area is 184 Å². The summed E-state index contributed by atoms with van der Waals surface area (Å²) in [4.78, 5) is 19.3. The van der Waals surface area contributed by atoms with Gasteiger partial charge in [0.2, 0.25) is 5.91 Å². The standard InChI is InChI=1S/C20H29ClN4O.HI/c1-2-22-20(23-13-16-9-5-6-10-18(16)21)24-17-11-12-25(14-17)19(26)15-7-3-4-8-15;/h5-6,9-10,15,17H,2-4,7-8,11-14H2,1H3,(H2,22,23,24);1H. The molecule has 2 fully saturated rings. The molecule has 1 unspecified atom stereocenters. The van der Waals surface area contributed by atoms with Gasteiger partial charge in [0, 0.05) is 36.6 Å². The second kappa shape index (κ2) is 11.1. The zero-order valence-electron chi connectivity index (χ0n) is 15.9. The van der Waals surface area contributed by atoms with Crippen LogP contribution in [0.1, 0.15) is 44.6 Å². The maximum atomic E-state index is 12.6. The predicted molar refractivity (Wildman–Crippen MR) is 122 cm³/mol. The Kier molecular flexibility index (Phi) is 9.15. The highest BCUT2D eigenvalue weighted by Gasteiger charge is 2.32. The van der Waals surface area contributed by atoms with Crippen LogP contribution in [0.25, 0.3) is 0 Å². The van der Waals surface area contributed by atoms with Gasteiger partial charge in [-0.3, -0.25) is 4.79 Å². The van der Waals surface area contributed by atoms with Crippen LogP contribution in [0, 0.1) is 5.92 Å². The van der Waals surface area contributed by atoms with E-state index >= 15 is 0 Å². The van der Waals surface area contributed by atoms with Crippen LogP contribution >= 0.6 is 35.6 Å². The molecule has 1 aromatic rings. The number of rotatable bonds is 5. The minimum atomic E-state index is 0. The number of nitrogens with one attached hydrogen (secondary N) is 2. The summed E-state index contributed by atoms with van der Waals surface area (Å²) in [6, 6.07) is 8.03. The summed E-state index contributed by atoms with van der Waals surface area (Å²) in [5.41, 5.74) is 1.01. The average molecular weight is 505 g/mol. The number of hydrogen-bond donors (Lipinski definition) is 2. The topological polar surface area (TPSA) is 56.7 Å². The molecule has 0 radical (unpaired) electrons. The molecule has 1 atom stereocenters. The Morgan fingerprint density at radius 3 is 2.70 bits per heavy atom. The molecule has 2 aliphatic rings. The molecule has 1 heterocycles. The van der Waals surface area contributed by atoms with E-state index in [0.717, 1.165) is 55.4 Å². The summed E-state index contributed by atoms with van der Waals surface area (Å²) in [6.45, 7) is 5.00. The molecule has 5 nitrogen and oxygen atoms in total. The van der Waals surface area contributed by atoms with Gasteiger partial charge in [-0.2, -0.15) is 0 Å². The number of carbonyl (C=O) groups excluding carboxylic acids is 1. The Morgan fingerprint density at radius 1 is 1.26 bits per heavy atom. The Bertz CT molecular complexity index is 649. The van der Waals surface area contributed by atoms with Crippen LogP contribution in [0.4, 0.5) is 0 Å². The SMILES string of the molecule is CCNC(=NCc1ccccc1Cl)NC1CCN(C(=O)C2CCCC2)C1.I. The van der Waals surface area contributed by atoms with E-state index < -0.39 is 0 Å². The molecule has 0 bridgehead atoms. The van der Waals surface area contributed by atoms with Gasteiger partial charge in [0.05, 0.1) is 6.54 Å². The van der Waals surface area contributed by atoms with Crippen molar-refractivity contribution >= 4 is 47.4 Å². The first kappa shape index (κ1) is 22.3. The fraction of sp³-hybridized carbons (Fsp3) is 0.600. The first-order valence-electron chi connectivity index (χ1n) is 9.74. The Morgan fingerprint density at radius 2 is 2.00 bits per heavy atom. The molecular weight excluding hydrogens is 475 g/mol. The highest BCUT2D eigenvalue weighted by Crippen LogP contribution is 2.27. The third kappa shape index (κ3) is 6.24. The highest BCUT2D eigenvalue weighted by molar-refractivity contribution is 14.0. The van der Waals surface area contributed by atoms with Gasteiger partial charge in [-0.25, -0.2) is 4.99 Å². The van der Waals surface area contributed by atoms with Gasteiger partial charge in [-0.15, -0.1) is 24.0 Å². The lowest BCUT2D eigenvalue weighted by molar-refractivity contribution is -0.134. The summed E-state index contributed by atoms with van der Waals surface area (Å²) >= 11 is 6.22. The van der Waals surface area contributed by atoms with Crippen LogP contribution in [0.3, 0.4) is 0 Å². The zero-order chi connectivity index (χ0) is 18.4. The third-order valence-corrected chi connectivity index (χ3v) is 5.62. The number of benzene rings is 1. The molecule has 1 saturated carbocycles. The van der Waals surface area contributed by atoms with Crippen molar-refractivity contribution < 1.29 is 4.79 Å². The maximum Gasteiger partial charge on any atom is 0.225 e. The zero-order valence-corrected chi connectivity index (χ0v) is 19.0. The molecule has 0 spiro atoms. The molecule has 1 amide bonds. The molecule has 1 aliphatic carbocycles. The lowest BCUT2D eigenvalue weighted by atomic mass is 10.1. The third-order valence-electron chi connectivity index (χ3n) is 5.25. The van der Waals surface area contributed by atoms with Gasteiger partial charge in [-0.1, -0.05) is 42.6 Å². The van der Waals surface area contributed by atoms with Crippen LogP contribution in [-0.4, -0.2) is 42.4 Å². The van der Waals surface area contributed by atoms with Crippen molar-refractivity contribution in [1.82, 2.24) is 15.5 Å². The predicted octanol–water partition coefficient (Wildman–Crippen LogP) is 3.80. The number of halogens is 2. The quantitative estimate of drug-likeness (QED) is 0.364. The number of carbonyl (C=O) groups is 1. The Balaban J connectivity index is 0.00000261. The summed E-state index contributed by atoms with van der Waals surface area (Å²) in [5, 5.41) is 7.51. The van der Waals surface area contributed by atoms with Gasteiger partial charge in [0.1, 0.15) is 0 Å². The minimum Gasteiger partial charge on any atom is -0.357 e. The van der Waals surface area contributed by atoms with Crippen LogP contribution in [0.15, 0.2) is 29.3 Å². The van der Waals surface area contributed by atoms with Crippen molar-refractivity contribution in [3.8, 4) is 0 Å². The van der Waals surface area contributed by atoms with Gasteiger partial charge < -0.3 is 15.5 Å². The van der Waals surface area contributed by atoms with E-state index in [1.54, 1.807) is 0 Å². The molecule has 1 aromatic carbocycles. The van der Waals surface area contributed by atoms with E-state index in [0.29, 0.717) is 12.5 Å². The van der Waals surface area contributed by atoms with Crippen molar-refractivity contribution in [1.29, 1.82) is 0 Å². The second-order valence-electron chi connectivity index (χ2n) is 7.18. The highest BCUT2D eigenvalue weighted by atomic mass is 127. The summed E-state index contributed by atoms with van der Waals surface area (Å²) in [5.74, 6) is 1.40. The van der Waals surface area contributed by atoms with Crippen LogP contribution < -0.4 is 10.6 Å². The molecule has 0 aromatic heterocycles. The van der Waals surface area contributed by atoms with E-state index in [1.807, 2.05) is 29.2 Å². The van der Waals surface area contributed by atoms with E-state index in [1.165, 1.54) is 12.8 Å². The van der Waals surface area contributed by atoms with Crippen molar-refractivity contribution in [2.75, 3.05) is 19.6 Å². The largest absolute Gasteiger partial charge is 0.357 e. The van der Waals surface area contributed by atoms with Crippen molar-refractivity contribution in [2.24, 2.45) is 10.9 Å². The van der Waals surface area contributed by atoms with E-state index in [4.69, 9.17) is 11.6 Å². The first-order valence-corrected chi connectivity index (χ1v) is 10.1. The number of amides is 1. The summed E-state index contributed by atoms with van der Waals surface area (Å²) < 4.78 is 0.